The molecule has 0 spiro atoms. The SMILES string of the molecule is C[C@H]1CC1(C)c1ccccc1-c1ccccn1. The fourth-order valence-corrected chi connectivity index (χ4v) is 2.68. The number of benzene rings is 1. The normalized spacial score (nSPS) is 26.8. The molecule has 1 aromatic heterocycles. The average Bonchev–Trinajstić information content (AvgIpc) is 3.00. The van der Waals surface area contributed by atoms with Crippen molar-refractivity contribution in [3.05, 3.63) is 54.2 Å². The molecule has 0 radical (unpaired) electrons. The van der Waals surface area contributed by atoms with Crippen LogP contribution >= 0.6 is 0 Å². The Morgan fingerprint density at radius 2 is 1.82 bits per heavy atom. The molecule has 1 saturated carbocycles. The van der Waals surface area contributed by atoms with Crippen molar-refractivity contribution in [1.29, 1.82) is 0 Å². The molecule has 1 aromatic carbocycles. The third-order valence-electron chi connectivity index (χ3n) is 4.14. The number of hydrogen-bond acceptors (Lipinski definition) is 1. The highest BCUT2D eigenvalue weighted by Gasteiger charge is 2.48. The predicted molar refractivity (Wildman–Crippen MR) is 70.8 cm³/mol. The molecule has 1 fully saturated rings. The van der Waals surface area contributed by atoms with Gasteiger partial charge >= 0.3 is 0 Å². The van der Waals surface area contributed by atoms with Gasteiger partial charge in [0.15, 0.2) is 0 Å². The van der Waals surface area contributed by atoms with Crippen LogP contribution in [0.5, 0.6) is 0 Å². The monoisotopic (exact) mass is 223 g/mol. The zero-order valence-electron chi connectivity index (χ0n) is 10.4. The largest absolute Gasteiger partial charge is 0.256 e. The lowest BCUT2D eigenvalue weighted by Crippen LogP contribution is -2.05. The van der Waals surface area contributed by atoms with Crippen molar-refractivity contribution in [2.75, 3.05) is 0 Å². The van der Waals surface area contributed by atoms with E-state index in [0.717, 1.165) is 11.6 Å². The number of pyridine rings is 1. The van der Waals surface area contributed by atoms with Crippen molar-refractivity contribution < 1.29 is 0 Å². The molecule has 2 atom stereocenters. The number of hydrogen-bond donors (Lipinski definition) is 0. The van der Waals surface area contributed by atoms with Crippen LogP contribution < -0.4 is 0 Å². The number of rotatable bonds is 2. The van der Waals surface area contributed by atoms with E-state index >= 15 is 0 Å². The van der Waals surface area contributed by atoms with Gasteiger partial charge in [0.05, 0.1) is 5.69 Å². The molecule has 1 aliphatic rings. The first-order valence-corrected chi connectivity index (χ1v) is 6.23. The Morgan fingerprint density at radius 1 is 1.12 bits per heavy atom. The van der Waals surface area contributed by atoms with E-state index in [0.29, 0.717) is 5.41 Å². The molecule has 1 aliphatic carbocycles. The highest BCUT2D eigenvalue weighted by molar-refractivity contribution is 5.66. The number of aromatic nitrogens is 1. The molecule has 1 heteroatoms. The molecule has 1 nitrogen and oxygen atoms in total. The first-order chi connectivity index (χ1) is 8.22. The number of nitrogens with zero attached hydrogens (tertiary/aromatic N) is 1. The smallest absolute Gasteiger partial charge is 0.0704 e. The van der Waals surface area contributed by atoms with Gasteiger partial charge in [-0.25, -0.2) is 0 Å². The van der Waals surface area contributed by atoms with Crippen LogP contribution in [-0.4, -0.2) is 4.98 Å². The zero-order valence-corrected chi connectivity index (χ0v) is 10.4. The summed E-state index contributed by atoms with van der Waals surface area (Å²) in [5.74, 6) is 0.785. The van der Waals surface area contributed by atoms with Crippen LogP contribution in [0.25, 0.3) is 11.3 Å². The van der Waals surface area contributed by atoms with Gasteiger partial charge in [0.25, 0.3) is 0 Å². The van der Waals surface area contributed by atoms with Crippen molar-refractivity contribution in [3.8, 4) is 11.3 Å². The molecule has 0 amide bonds. The van der Waals surface area contributed by atoms with Gasteiger partial charge in [-0.05, 0) is 35.4 Å². The maximum Gasteiger partial charge on any atom is 0.0704 e. The Balaban J connectivity index is 2.13. The standard InChI is InChI=1S/C16H17N/c1-12-11-16(12,2)14-8-4-3-7-13(14)15-9-5-6-10-17-15/h3-10,12H,11H2,1-2H3/t12-,16?/m0/s1. The lowest BCUT2D eigenvalue weighted by Gasteiger charge is -2.15. The van der Waals surface area contributed by atoms with Crippen LogP contribution in [0.2, 0.25) is 0 Å². The Bertz CT molecular complexity index is 532. The first kappa shape index (κ1) is 10.5. The van der Waals surface area contributed by atoms with Crippen LogP contribution in [0.4, 0.5) is 0 Å². The summed E-state index contributed by atoms with van der Waals surface area (Å²) < 4.78 is 0. The zero-order chi connectivity index (χ0) is 11.9. The Morgan fingerprint density at radius 3 is 2.47 bits per heavy atom. The van der Waals surface area contributed by atoms with Gasteiger partial charge in [0.2, 0.25) is 0 Å². The van der Waals surface area contributed by atoms with Gasteiger partial charge in [-0.3, -0.25) is 4.98 Å². The summed E-state index contributed by atoms with van der Waals surface area (Å²) >= 11 is 0. The van der Waals surface area contributed by atoms with Gasteiger partial charge in [-0.1, -0.05) is 44.2 Å². The van der Waals surface area contributed by atoms with Crippen LogP contribution in [0.1, 0.15) is 25.8 Å². The minimum Gasteiger partial charge on any atom is -0.256 e. The predicted octanol–water partition coefficient (Wildman–Crippen LogP) is 4.05. The molecule has 2 aromatic rings. The summed E-state index contributed by atoms with van der Waals surface area (Å²) in [5.41, 5.74) is 4.18. The van der Waals surface area contributed by atoms with Crippen molar-refractivity contribution in [1.82, 2.24) is 4.98 Å². The topological polar surface area (TPSA) is 12.9 Å². The van der Waals surface area contributed by atoms with E-state index in [4.69, 9.17) is 0 Å². The summed E-state index contributed by atoms with van der Waals surface area (Å²) in [6.07, 6.45) is 3.15. The second-order valence-electron chi connectivity index (χ2n) is 5.28. The van der Waals surface area contributed by atoms with Crippen molar-refractivity contribution >= 4 is 0 Å². The molecule has 0 aliphatic heterocycles. The van der Waals surface area contributed by atoms with E-state index < -0.39 is 0 Å². The molecule has 0 N–H and O–H groups in total. The molecule has 1 heterocycles. The van der Waals surface area contributed by atoms with E-state index in [1.165, 1.54) is 17.5 Å². The van der Waals surface area contributed by atoms with Crippen LogP contribution in [0.3, 0.4) is 0 Å². The third-order valence-corrected chi connectivity index (χ3v) is 4.14. The van der Waals surface area contributed by atoms with Crippen molar-refractivity contribution in [2.45, 2.75) is 25.7 Å². The highest BCUT2D eigenvalue weighted by Crippen LogP contribution is 2.55. The maximum absolute atomic E-state index is 4.48. The molecule has 3 rings (SSSR count). The maximum atomic E-state index is 4.48. The van der Waals surface area contributed by atoms with Crippen LogP contribution in [0.15, 0.2) is 48.7 Å². The average molecular weight is 223 g/mol. The van der Waals surface area contributed by atoms with E-state index in [-0.39, 0.29) is 0 Å². The molecular weight excluding hydrogens is 206 g/mol. The summed E-state index contributed by atoms with van der Waals surface area (Å²) in [6, 6.07) is 14.8. The van der Waals surface area contributed by atoms with E-state index in [1.807, 2.05) is 12.3 Å². The van der Waals surface area contributed by atoms with Crippen molar-refractivity contribution in [2.24, 2.45) is 5.92 Å². The molecule has 86 valence electrons. The van der Waals surface area contributed by atoms with Gasteiger partial charge < -0.3 is 0 Å². The minimum absolute atomic E-state index is 0.355. The Hall–Kier alpha value is -1.63. The van der Waals surface area contributed by atoms with E-state index in [9.17, 15) is 0 Å². The van der Waals surface area contributed by atoms with Gasteiger partial charge in [-0.2, -0.15) is 0 Å². The second-order valence-corrected chi connectivity index (χ2v) is 5.28. The highest BCUT2D eigenvalue weighted by atomic mass is 14.7. The summed E-state index contributed by atoms with van der Waals surface area (Å²) in [4.78, 5) is 4.48. The lowest BCUT2D eigenvalue weighted by molar-refractivity contribution is 0.703. The lowest BCUT2D eigenvalue weighted by atomic mass is 9.90. The summed E-state index contributed by atoms with van der Waals surface area (Å²) in [5, 5.41) is 0. The van der Waals surface area contributed by atoms with Crippen molar-refractivity contribution in [3.63, 3.8) is 0 Å². The van der Waals surface area contributed by atoms with E-state index in [2.05, 4.69) is 55.2 Å². The quantitative estimate of drug-likeness (QED) is 0.748. The first-order valence-electron chi connectivity index (χ1n) is 6.23. The van der Waals surface area contributed by atoms with Gasteiger partial charge in [-0.15, -0.1) is 0 Å². The van der Waals surface area contributed by atoms with Gasteiger partial charge in [0.1, 0.15) is 0 Å². The molecule has 0 bridgehead atoms. The second kappa shape index (κ2) is 3.69. The van der Waals surface area contributed by atoms with Gasteiger partial charge in [0, 0.05) is 11.8 Å². The molecule has 17 heavy (non-hydrogen) atoms. The van der Waals surface area contributed by atoms with Crippen LogP contribution in [-0.2, 0) is 5.41 Å². The fraction of sp³-hybridized carbons (Fsp3) is 0.312. The van der Waals surface area contributed by atoms with Crippen LogP contribution in [0, 0.1) is 5.92 Å². The Labute approximate surface area is 103 Å². The summed E-state index contributed by atoms with van der Waals surface area (Å²) in [7, 11) is 0. The van der Waals surface area contributed by atoms with E-state index in [1.54, 1.807) is 0 Å². The Kier molecular flexibility index (Phi) is 2.29. The minimum atomic E-state index is 0.355. The molecule has 1 unspecified atom stereocenters. The molecular formula is C16H17N. The third kappa shape index (κ3) is 1.66. The fourth-order valence-electron chi connectivity index (χ4n) is 2.68. The summed E-state index contributed by atoms with van der Waals surface area (Å²) in [6.45, 7) is 4.69. The molecule has 0 saturated heterocycles.